The third kappa shape index (κ3) is 2.99. The lowest BCUT2D eigenvalue weighted by Gasteiger charge is -2.06. The molecule has 0 fully saturated rings. The Morgan fingerprint density at radius 2 is 1.88 bits per heavy atom. The molecule has 0 aliphatic carbocycles. The predicted molar refractivity (Wildman–Crippen MR) is 101 cm³/mol. The molecule has 0 aliphatic heterocycles. The molecule has 2 aromatic heterocycles. The molecule has 0 atom stereocenters. The van der Waals surface area contributed by atoms with Crippen LogP contribution in [0.5, 0.6) is 0 Å². The van der Waals surface area contributed by atoms with E-state index in [2.05, 4.69) is 26.6 Å². The lowest BCUT2D eigenvalue weighted by molar-refractivity contribution is 0.642. The predicted octanol–water partition coefficient (Wildman–Crippen LogP) is 2.65. The largest absolute Gasteiger partial charge is 0.305 e. The molecule has 2 heterocycles. The third-order valence-electron chi connectivity index (χ3n) is 4.06. The maximum absolute atomic E-state index is 12.5. The average Bonchev–Trinajstić information content (AvgIpc) is 3.02. The third-order valence-corrected chi connectivity index (χ3v) is 5.04. The van der Waals surface area contributed by atoms with Crippen molar-refractivity contribution in [3.8, 4) is 11.4 Å². The van der Waals surface area contributed by atoms with Gasteiger partial charge in [-0.1, -0.05) is 52.9 Å². The highest BCUT2D eigenvalue weighted by atomic mass is 32.2. The Balaban J connectivity index is 1.60. The van der Waals surface area contributed by atoms with Crippen molar-refractivity contribution >= 4 is 22.7 Å². The summed E-state index contributed by atoms with van der Waals surface area (Å²) in [7, 11) is 1.91. The van der Waals surface area contributed by atoms with Crippen LogP contribution in [-0.2, 0) is 12.9 Å². The van der Waals surface area contributed by atoms with Crippen LogP contribution in [0.25, 0.3) is 22.3 Å². The second-order valence-corrected chi connectivity index (χ2v) is 6.83. The van der Waals surface area contributed by atoms with Crippen molar-refractivity contribution in [1.29, 1.82) is 0 Å². The van der Waals surface area contributed by atoms with Crippen LogP contribution in [-0.4, -0.2) is 29.8 Å². The fourth-order valence-electron chi connectivity index (χ4n) is 2.70. The maximum atomic E-state index is 12.5. The first-order valence-corrected chi connectivity index (χ1v) is 9.04. The normalized spacial score (nSPS) is 11.2. The van der Waals surface area contributed by atoms with Crippen molar-refractivity contribution in [3.63, 3.8) is 0 Å². The van der Waals surface area contributed by atoms with Crippen LogP contribution in [0.3, 0.4) is 0 Å². The van der Waals surface area contributed by atoms with Gasteiger partial charge in [-0.05, 0) is 25.1 Å². The van der Waals surface area contributed by atoms with E-state index >= 15 is 0 Å². The van der Waals surface area contributed by atoms with Crippen molar-refractivity contribution in [2.24, 2.45) is 7.05 Å². The molecule has 4 aromatic rings. The van der Waals surface area contributed by atoms with Gasteiger partial charge in [0.15, 0.2) is 11.0 Å². The van der Waals surface area contributed by atoms with Gasteiger partial charge in [0.1, 0.15) is 5.52 Å². The van der Waals surface area contributed by atoms with Crippen LogP contribution in [0.1, 0.15) is 5.56 Å². The van der Waals surface area contributed by atoms with Gasteiger partial charge in [-0.3, -0.25) is 4.79 Å². The molecule has 26 heavy (non-hydrogen) atoms. The summed E-state index contributed by atoms with van der Waals surface area (Å²) in [5.74, 6) is 1.10. The fourth-order valence-corrected chi connectivity index (χ4v) is 3.49. The van der Waals surface area contributed by atoms with Gasteiger partial charge >= 0.3 is 0 Å². The molecule has 7 nitrogen and oxygen atoms in total. The summed E-state index contributed by atoms with van der Waals surface area (Å²) >= 11 is 1.39. The van der Waals surface area contributed by atoms with Crippen LogP contribution >= 0.6 is 11.8 Å². The summed E-state index contributed by atoms with van der Waals surface area (Å²) in [6, 6.07) is 15.3. The molecule has 0 unspecified atom stereocenters. The number of nitrogens with zero attached hydrogens (tertiary/aromatic N) is 6. The highest BCUT2D eigenvalue weighted by molar-refractivity contribution is 7.98. The Hall–Kier alpha value is -3.00. The molecule has 0 saturated heterocycles. The standard InChI is InChI=1S/C18H16N6OS/c1-12-6-5-7-13(10-12)16-20-21-18(23(16)2)26-11-24-17(25)14-8-3-4-9-15(14)19-22-24/h3-10H,11H2,1-2H3. The van der Waals surface area contributed by atoms with Crippen molar-refractivity contribution in [2.75, 3.05) is 0 Å². The Morgan fingerprint density at radius 3 is 2.73 bits per heavy atom. The van der Waals surface area contributed by atoms with Crippen LogP contribution in [0.4, 0.5) is 0 Å². The molecule has 0 amide bonds. The summed E-state index contributed by atoms with van der Waals surface area (Å²) in [4.78, 5) is 12.5. The van der Waals surface area contributed by atoms with Gasteiger partial charge in [-0.2, -0.15) is 4.68 Å². The molecule has 0 bridgehead atoms. The first-order valence-electron chi connectivity index (χ1n) is 8.05. The first kappa shape index (κ1) is 16.5. The number of hydrogen-bond donors (Lipinski definition) is 0. The van der Waals surface area contributed by atoms with Crippen LogP contribution in [0.2, 0.25) is 0 Å². The Morgan fingerprint density at radius 1 is 1.04 bits per heavy atom. The van der Waals surface area contributed by atoms with Crippen LogP contribution in [0, 0.1) is 6.92 Å². The lowest BCUT2D eigenvalue weighted by Crippen LogP contribution is -2.23. The van der Waals surface area contributed by atoms with Crippen molar-refractivity contribution in [2.45, 2.75) is 18.0 Å². The van der Waals surface area contributed by atoms with E-state index < -0.39 is 0 Å². The smallest absolute Gasteiger partial charge is 0.278 e. The first-order chi connectivity index (χ1) is 12.6. The highest BCUT2D eigenvalue weighted by Gasteiger charge is 2.13. The second-order valence-electron chi connectivity index (χ2n) is 5.92. The number of rotatable bonds is 4. The van der Waals surface area contributed by atoms with Gasteiger partial charge in [0.05, 0.1) is 11.3 Å². The molecule has 0 aliphatic rings. The van der Waals surface area contributed by atoms with E-state index in [1.54, 1.807) is 12.1 Å². The quantitative estimate of drug-likeness (QED) is 0.518. The number of aryl methyl sites for hydroxylation is 1. The molecule has 0 saturated carbocycles. The van der Waals surface area contributed by atoms with Gasteiger partial charge in [-0.25, -0.2) is 0 Å². The summed E-state index contributed by atoms with van der Waals surface area (Å²) < 4.78 is 3.26. The number of aromatic nitrogens is 6. The summed E-state index contributed by atoms with van der Waals surface area (Å²) in [5, 5.41) is 17.9. The van der Waals surface area contributed by atoms with Crippen molar-refractivity contribution in [3.05, 3.63) is 64.4 Å². The van der Waals surface area contributed by atoms with E-state index in [4.69, 9.17) is 0 Å². The van der Waals surface area contributed by atoms with E-state index in [0.29, 0.717) is 21.9 Å². The Labute approximate surface area is 153 Å². The minimum absolute atomic E-state index is 0.163. The molecular formula is C18H16N6OS. The fraction of sp³-hybridized carbons (Fsp3) is 0.167. The second kappa shape index (κ2) is 6.72. The van der Waals surface area contributed by atoms with E-state index in [1.165, 1.54) is 16.4 Å². The van der Waals surface area contributed by atoms with Crippen LogP contribution in [0.15, 0.2) is 58.5 Å². The van der Waals surface area contributed by atoms with E-state index in [0.717, 1.165) is 17.0 Å². The van der Waals surface area contributed by atoms with Gasteiger partial charge in [-0.15, -0.1) is 15.3 Å². The summed E-state index contributed by atoms with van der Waals surface area (Å²) in [5.41, 5.74) is 2.61. The summed E-state index contributed by atoms with van der Waals surface area (Å²) in [6.07, 6.45) is 0. The zero-order valence-electron chi connectivity index (χ0n) is 14.3. The Bertz CT molecular complexity index is 1150. The number of thioether (sulfide) groups is 1. The lowest BCUT2D eigenvalue weighted by atomic mass is 10.1. The molecule has 130 valence electrons. The molecular weight excluding hydrogens is 348 g/mol. The minimum Gasteiger partial charge on any atom is -0.305 e. The van der Waals surface area contributed by atoms with Gasteiger partial charge in [0, 0.05) is 12.6 Å². The topological polar surface area (TPSA) is 78.5 Å². The van der Waals surface area contributed by atoms with E-state index in [9.17, 15) is 4.79 Å². The number of hydrogen-bond acceptors (Lipinski definition) is 6. The molecule has 2 aromatic carbocycles. The average molecular weight is 364 g/mol. The van der Waals surface area contributed by atoms with Crippen molar-refractivity contribution in [1.82, 2.24) is 29.8 Å². The molecule has 0 N–H and O–H groups in total. The number of fused-ring (bicyclic) bond motifs is 1. The highest BCUT2D eigenvalue weighted by Crippen LogP contribution is 2.23. The number of benzene rings is 2. The van der Waals surface area contributed by atoms with Crippen LogP contribution < -0.4 is 5.56 Å². The monoisotopic (exact) mass is 364 g/mol. The zero-order chi connectivity index (χ0) is 18.1. The zero-order valence-corrected chi connectivity index (χ0v) is 15.1. The Kier molecular flexibility index (Phi) is 4.26. The van der Waals surface area contributed by atoms with Crippen molar-refractivity contribution < 1.29 is 0 Å². The molecule has 8 heteroatoms. The van der Waals surface area contributed by atoms with Gasteiger partial charge in [0.2, 0.25) is 0 Å². The summed E-state index contributed by atoms with van der Waals surface area (Å²) in [6.45, 7) is 2.04. The maximum Gasteiger partial charge on any atom is 0.278 e. The minimum atomic E-state index is -0.163. The van der Waals surface area contributed by atoms with Gasteiger partial charge in [0.25, 0.3) is 5.56 Å². The molecule has 0 radical (unpaired) electrons. The van der Waals surface area contributed by atoms with Gasteiger partial charge < -0.3 is 4.57 Å². The molecule has 0 spiro atoms. The SMILES string of the molecule is Cc1cccc(-c2nnc(SCn3nnc4ccccc4c3=O)n2C)c1. The molecule has 4 rings (SSSR count). The van der Waals surface area contributed by atoms with E-state index in [-0.39, 0.29) is 5.56 Å². The van der Waals surface area contributed by atoms with E-state index in [1.807, 2.05) is 48.9 Å².